The Hall–Kier alpha value is -0.630. The van der Waals surface area contributed by atoms with Gasteiger partial charge in [0.15, 0.2) is 0 Å². The van der Waals surface area contributed by atoms with E-state index < -0.39 is 7.60 Å². The summed E-state index contributed by atoms with van der Waals surface area (Å²) in [4.78, 5) is 0. The fraction of sp³-hybridized carbons (Fsp3) is 0.684. The average molecular weight is 342 g/mol. The fourth-order valence-corrected chi connectivity index (χ4v) is 3.87. The molecule has 0 rings (SSSR count). The van der Waals surface area contributed by atoms with Crippen LogP contribution in [0, 0.1) is 0 Å². The van der Waals surface area contributed by atoms with Crippen molar-refractivity contribution in [2.75, 3.05) is 19.4 Å². The Morgan fingerprint density at radius 3 is 1.87 bits per heavy atom. The molecule has 0 aliphatic carbocycles. The van der Waals surface area contributed by atoms with Crippen molar-refractivity contribution in [3.05, 3.63) is 34.9 Å². The SMILES string of the molecule is CCOP(=O)(CC/C(C)=C/C/C=C(\C)CCC=C(C)C)OCC. The van der Waals surface area contributed by atoms with Crippen molar-refractivity contribution >= 4 is 7.60 Å². The topological polar surface area (TPSA) is 35.5 Å². The molecule has 0 aromatic carbocycles. The van der Waals surface area contributed by atoms with E-state index >= 15 is 0 Å². The zero-order valence-corrected chi connectivity index (χ0v) is 16.7. The maximum Gasteiger partial charge on any atom is 0.330 e. The highest BCUT2D eigenvalue weighted by molar-refractivity contribution is 7.53. The number of allylic oxidation sites excluding steroid dienone is 6. The normalized spacial score (nSPS) is 13.3. The molecule has 0 N–H and O–H groups in total. The molecule has 4 heteroatoms. The summed E-state index contributed by atoms with van der Waals surface area (Å²) in [6.45, 7) is 13.1. The maximum atomic E-state index is 12.4. The Morgan fingerprint density at radius 1 is 0.870 bits per heavy atom. The van der Waals surface area contributed by atoms with E-state index in [1.807, 2.05) is 13.8 Å². The van der Waals surface area contributed by atoms with E-state index in [2.05, 4.69) is 45.9 Å². The molecule has 0 saturated heterocycles. The van der Waals surface area contributed by atoms with Gasteiger partial charge in [-0.3, -0.25) is 4.57 Å². The zero-order chi connectivity index (χ0) is 17.7. The molecule has 0 unspecified atom stereocenters. The number of hydrogen-bond donors (Lipinski definition) is 0. The summed E-state index contributed by atoms with van der Waals surface area (Å²) in [7, 11) is -2.91. The van der Waals surface area contributed by atoms with Crippen molar-refractivity contribution < 1.29 is 13.6 Å². The monoisotopic (exact) mass is 342 g/mol. The molecular weight excluding hydrogens is 307 g/mol. The first kappa shape index (κ1) is 22.4. The van der Waals surface area contributed by atoms with Gasteiger partial charge in [-0.15, -0.1) is 0 Å². The predicted molar refractivity (Wildman–Crippen MR) is 101 cm³/mol. The van der Waals surface area contributed by atoms with Crippen LogP contribution in [0.5, 0.6) is 0 Å². The van der Waals surface area contributed by atoms with Crippen molar-refractivity contribution in [1.82, 2.24) is 0 Å². The second kappa shape index (κ2) is 12.8. The van der Waals surface area contributed by atoms with Crippen molar-refractivity contribution in [2.24, 2.45) is 0 Å². The Labute approximate surface area is 143 Å². The molecule has 0 amide bonds. The summed E-state index contributed by atoms with van der Waals surface area (Å²) in [5.41, 5.74) is 4.03. The molecule has 0 heterocycles. The third-order valence-corrected chi connectivity index (χ3v) is 5.53. The lowest BCUT2D eigenvalue weighted by atomic mass is 10.1. The summed E-state index contributed by atoms with van der Waals surface area (Å²) >= 11 is 0. The van der Waals surface area contributed by atoms with E-state index in [0.29, 0.717) is 19.4 Å². The first-order valence-electron chi connectivity index (χ1n) is 8.65. The lowest BCUT2D eigenvalue weighted by Crippen LogP contribution is -2.00. The standard InChI is InChI=1S/C19H35O3P/c1-7-21-23(20,22-8-2)16-15-19(6)14-10-13-18(5)12-9-11-17(3)4/h11,13-14H,7-10,12,15-16H2,1-6H3/b18-13+,19-14+. The van der Waals surface area contributed by atoms with Gasteiger partial charge in [0.25, 0.3) is 0 Å². The Bertz CT molecular complexity index is 447. The molecule has 0 radical (unpaired) electrons. The minimum atomic E-state index is -2.91. The highest BCUT2D eigenvalue weighted by atomic mass is 31.2. The Kier molecular flexibility index (Phi) is 12.4. The summed E-state index contributed by atoms with van der Waals surface area (Å²) < 4.78 is 23.0. The summed E-state index contributed by atoms with van der Waals surface area (Å²) in [5, 5.41) is 0. The van der Waals surface area contributed by atoms with Crippen molar-refractivity contribution in [3.63, 3.8) is 0 Å². The van der Waals surface area contributed by atoms with Crippen molar-refractivity contribution in [1.29, 1.82) is 0 Å². The second-order valence-electron chi connectivity index (χ2n) is 6.08. The molecule has 0 aliphatic heterocycles. The molecule has 0 aromatic heterocycles. The average Bonchev–Trinajstić information content (AvgIpc) is 2.45. The van der Waals surface area contributed by atoms with Crippen molar-refractivity contribution in [2.45, 2.75) is 67.2 Å². The van der Waals surface area contributed by atoms with Gasteiger partial charge in [-0.2, -0.15) is 0 Å². The van der Waals surface area contributed by atoms with Crippen LogP contribution in [0.15, 0.2) is 34.9 Å². The highest BCUT2D eigenvalue weighted by Gasteiger charge is 2.22. The molecule has 0 aliphatic rings. The van der Waals surface area contributed by atoms with Gasteiger partial charge in [-0.25, -0.2) is 0 Å². The van der Waals surface area contributed by atoms with Crippen LogP contribution in [-0.2, 0) is 13.6 Å². The third kappa shape index (κ3) is 12.5. The largest absolute Gasteiger partial charge is 0.330 e. The van der Waals surface area contributed by atoms with Crippen LogP contribution in [0.1, 0.15) is 67.2 Å². The minimum Gasteiger partial charge on any atom is -0.309 e. The van der Waals surface area contributed by atoms with E-state index in [1.165, 1.54) is 16.7 Å². The smallest absolute Gasteiger partial charge is 0.309 e. The van der Waals surface area contributed by atoms with Crippen LogP contribution in [-0.4, -0.2) is 19.4 Å². The summed E-state index contributed by atoms with van der Waals surface area (Å²) in [6.07, 6.45) is 11.1. The molecule has 0 spiro atoms. The van der Waals surface area contributed by atoms with Gasteiger partial charge in [-0.1, -0.05) is 34.9 Å². The number of hydrogen-bond acceptors (Lipinski definition) is 3. The van der Waals surface area contributed by atoms with Gasteiger partial charge in [0, 0.05) is 0 Å². The fourth-order valence-electron chi connectivity index (χ4n) is 2.13. The lowest BCUT2D eigenvalue weighted by Gasteiger charge is -2.16. The van der Waals surface area contributed by atoms with Gasteiger partial charge in [0.2, 0.25) is 0 Å². The molecule has 0 bridgehead atoms. The summed E-state index contributed by atoms with van der Waals surface area (Å²) in [6, 6.07) is 0. The van der Waals surface area contributed by atoms with Gasteiger partial charge >= 0.3 is 7.60 Å². The van der Waals surface area contributed by atoms with Crippen molar-refractivity contribution in [3.8, 4) is 0 Å². The second-order valence-corrected chi connectivity index (χ2v) is 8.26. The van der Waals surface area contributed by atoms with Crippen LogP contribution in [0.25, 0.3) is 0 Å². The molecule has 0 aromatic rings. The first-order chi connectivity index (χ1) is 10.8. The molecule has 134 valence electrons. The first-order valence-corrected chi connectivity index (χ1v) is 10.4. The van der Waals surface area contributed by atoms with E-state index in [4.69, 9.17) is 9.05 Å². The summed E-state index contributed by atoms with van der Waals surface area (Å²) in [5.74, 6) is 0. The molecule has 3 nitrogen and oxygen atoms in total. The Balaban J connectivity index is 4.29. The molecule has 0 saturated carbocycles. The molecule has 23 heavy (non-hydrogen) atoms. The highest BCUT2D eigenvalue weighted by Crippen LogP contribution is 2.48. The lowest BCUT2D eigenvalue weighted by molar-refractivity contribution is 0.220. The van der Waals surface area contributed by atoms with Crippen LogP contribution in [0.2, 0.25) is 0 Å². The van der Waals surface area contributed by atoms with Gasteiger partial charge in [0.1, 0.15) is 0 Å². The predicted octanol–water partition coefficient (Wildman–Crippen LogP) is 6.67. The molecular formula is C19H35O3P. The van der Waals surface area contributed by atoms with Crippen LogP contribution in [0.4, 0.5) is 0 Å². The van der Waals surface area contributed by atoms with Crippen LogP contribution in [0.3, 0.4) is 0 Å². The number of rotatable bonds is 12. The van der Waals surface area contributed by atoms with Crippen LogP contribution < -0.4 is 0 Å². The van der Waals surface area contributed by atoms with E-state index in [9.17, 15) is 4.57 Å². The molecule has 0 fully saturated rings. The van der Waals surface area contributed by atoms with E-state index in [-0.39, 0.29) is 0 Å². The Morgan fingerprint density at radius 2 is 1.39 bits per heavy atom. The van der Waals surface area contributed by atoms with Gasteiger partial charge < -0.3 is 9.05 Å². The minimum absolute atomic E-state index is 0.424. The van der Waals surface area contributed by atoms with Gasteiger partial charge in [0.05, 0.1) is 19.4 Å². The van der Waals surface area contributed by atoms with E-state index in [0.717, 1.165) is 25.7 Å². The van der Waals surface area contributed by atoms with Crippen LogP contribution >= 0.6 is 7.60 Å². The zero-order valence-electron chi connectivity index (χ0n) is 15.9. The molecule has 0 atom stereocenters. The maximum absolute atomic E-state index is 12.4. The van der Waals surface area contributed by atoms with Gasteiger partial charge in [-0.05, 0) is 67.2 Å². The third-order valence-electron chi connectivity index (χ3n) is 3.46. The van der Waals surface area contributed by atoms with E-state index in [1.54, 1.807) is 0 Å². The quantitative estimate of drug-likeness (QED) is 0.293.